The molecule has 19 heavy (non-hydrogen) atoms. The fourth-order valence-electron chi connectivity index (χ4n) is 1.45. The van der Waals surface area contributed by atoms with Crippen LogP contribution in [0, 0.1) is 18.6 Å². The molecule has 0 N–H and O–H groups in total. The van der Waals surface area contributed by atoms with E-state index in [0.29, 0.717) is 5.56 Å². The molecule has 96 valence electrons. The minimum Gasteiger partial charge on any atom is -0.204 e. The molecule has 0 fully saturated rings. The van der Waals surface area contributed by atoms with Crippen molar-refractivity contribution in [1.29, 1.82) is 0 Å². The summed E-state index contributed by atoms with van der Waals surface area (Å²) in [4.78, 5) is 0. The summed E-state index contributed by atoms with van der Waals surface area (Å²) in [5.74, 6) is -1.77. The molecule has 0 radical (unpaired) electrons. The second-order valence-corrected chi connectivity index (χ2v) is 4.07. The van der Waals surface area contributed by atoms with Gasteiger partial charge in [-0.3, -0.25) is 0 Å². The van der Waals surface area contributed by atoms with Crippen LogP contribution in [0.4, 0.5) is 8.78 Å². The molecular formula is C15H12F2N2. The zero-order chi connectivity index (χ0) is 13.7. The molecule has 0 saturated heterocycles. The van der Waals surface area contributed by atoms with Gasteiger partial charge >= 0.3 is 0 Å². The Labute approximate surface area is 110 Å². The first-order valence-electron chi connectivity index (χ1n) is 5.73. The third-order valence-electron chi connectivity index (χ3n) is 2.50. The first-order valence-corrected chi connectivity index (χ1v) is 5.73. The van der Waals surface area contributed by atoms with Crippen LogP contribution in [0.5, 0.6) is 0 Å². The van der Waals surface area contributed by atoms with Gasteiger partial charge in [0.15, 0.2) is 11.6 Å². The van der Waals surface area contributed by atoms with E-state index in [9.17, 15) is 8.78 Å². The van der Waals surface area contributed by atoms with Gasteiger partial charge < -0.3 is 0 Å². The van der Waals surface area contributed by atoms with Crippen molar-refractivity contribution in [2.45, 2.75) is 6.92 Å². The van der Waals surface area contributed by atoms with Crippen LogP contribution in [-0.2, 0) is 0 Å². The summed E-state index contributed by atoms with van der Waals surface area (Å²) in [5.41, 5.74) is 2.55. The zero-order valence-corrected chi connectivity index (χ0v) is 10.3. The lowest BCUT2D eigenvalue weighted by atomic mass is 10.2. The van der Waals surface area contributed by atoms with Gasteiger partial charge in [-0.25, -0.2) is 8.78 Å². The highest BCUT2D eigenvalue weighted by molar-refractivity contribution is 5.82. The van der Waals surface area contributed by atoms with Crippen LogP contribution in [0.25, 0.3) is 0 Å². The summed E-state index contributed by atoms with van der Waals surface area (Å²) < 4.78 is 25.6. The molecule has 4 heteroatoms. The van der Waals surface area contributed by atoms with E-state index < -0.39 is 11.6 Å². The first-order chi connectivity index (χ1) is 9.15. The van der Waals surface area contributed by atoms with Crippen LogP contribution >= 0.6 is 0 Å². The molecule has 2 aromatic carbocycles. The van der Waals surface area contributed by atoms with Crippen molar-refractivity contribution in [1.82, 2.24) is 0 Å². The number of hydrogen-bond acceptors (Lipinski definition) is 2. The Hall–Kier alpha value is -2.36. The average Bonchev–Trinajstić information content (AvgIpc) is 2.41. The average molecular weight is 258 g/mol. The summed E-state index contributed by atoms with van der Waals surface area (Å²) in [7, 11) is 0. The van der Waals surface area contributed by atoms with E-state index in [1.165, 1.54) is 17.8 Å². The Morgan fingerprint density at radius 1 is 0.789 bits per heavy atom. The molecule has 2 aromatic rings. The van der Waals surface area contributed by atoms with Crippen molar-refractivity contribution in [3.05, 3.63) is 70.8 Å². The molecule has 0 aliphatic rings. The molecule has 0 bridgehead atoms. The van der Waals surface area contributed by atoms with Crippen LogP contribution in [0.2, 0.25) is 0 Å². The van der Waals surface area contributed by atoms with Crippen LogP contribution < -0.4 is 0 Å². The lowest BCUT2D eigenvalue weighted by Gasteiger charge is -1.94. The van der Waals surface area contributed by atoms with Crippen molar-refractivity contribution in [2.75, 3.05) is 0 Å². The maximum atomic E-state index is 12.9. The third-order valence-corrected chi connectivity index (χ3v) is 2.50. The molecular weight excluding hydrogens is 246 g/mol. The van der Waals surface area contributed by atoms with Crippen LogP contribution in [0.15, 0.2) is 52.7 Å². The number of aryl methyl sites for hydroxylation is 1. The summed E-state index contributed by atoms with van der Waals surface area (Å²) in [5, 5.41) is 7.63. The minimum atomic E-state index is -0.897. The highest BCUT2D eigenvalue weighted by Gasteiger charge is 1.99. The van der Waals surface area contributed by atoms with E-state index in [0.717, 1.165) is 17.7 Å². The second kappa shape index (κ2) is 6.00. The van der Waals surface area contributed by atoms with Crippen LogP contribution in [0.1, 0.15) is 16.7 Å². The van der Waals surface area contributed by atoms with Crippen molar-refractivity contribution >= 4 is 12.4 Å². The molecule has 2 nitrogen and oxygen atoms in total. The Balaban J connectivity index is 2.03. The fraction of sp³-hybridized carbons (Fsp3) is 0.0667. The Morgan fingerprint density at radius 3 is 2.00 bits per heavy atom. The zero-order valence-electron chi connectivity index (χ0n) is 10.3. The van der Waals surface area contributed by atoms with Gasteiger partial charge in [-0.05, 0) is 30.2 Å². The van der Waals surface area contributed by atoms with E-state index in [-0.39, 0.29) is 0 Å². The molecule has 0 spiro atoms. The molecule has 0 unspecified atom stereocenters. The molecule has 0 aliphatic heterocycles. The summed E-state index contributed by atoms with van der Waals surface area (Å²) in [6.45, 7) is 2.00. The highest BCUT2D eigenvalue weighted by atomic mass is 19.2. The van der Waals surface area contributed by atoms with E-state index >= 15 is 0 Å². The van der Waals surface area contributed by atoms with Gasteiger partial charge in [0, 0.05) is 0 Å². The van der Waals surface area contributed by atoms with E-state index in [1.807, 2.05) is 31.2 Å². The molecule has 0 aliphatic carbocycles. The maximum absolute atomic E-state index is 12.9. The van der Waals surface area contributed by atoms with Crippen molar-refractivity contribution in [3.8, 4) is 0 Å². The lowest BCUT2D eigenvalue weighted by molar-refractivity contribution is 0.508. The first kappa shape index (κ1) is 13.1. The Morgan fingerprint density at radius 2 is 1.37 bits per heavy atom. The predicted molar refractivity (Wildman–Crippen MR) is 72.7 cm³/mol. The SMILES string of the molecule is Cc1ccc(/C=N/N=C/c2ccc(F)c(F)c2)cc1. The number of halogens is 2. The summed E-state index contributed by atoms with van der Waals surface area (Å²) in [6.07, 6.45) is 2.96. The molecule has 0 aromatic heterocycles. The number of benzene rings is 2. The highest BCUT2D eigenvalue weighted by Crippen LogP contribution is 2.06. The van der Waals surface area contributed by atoms with E-state index in [1.54, 1.807) is 6.21 Å². The van der Waals surface area contributed by atoms with Crippen LogP contribution in [-0.4, -0.2) is 12.4 Å². The van der Waals surface area contributed by atoms with Crippen molar-refractivity contribution in [3.63, 3.8) is 0 Å². The topological polar surface area (TPSA) is 24.7 Å². The normalized spacial score (nSPS) is 11.5. The quantitative estimate of drug-likeness (QED) is 0.592. The number of hydrogen-bond donors (Lipinski definition) is 0. The fourth-order valence-corrected chi connectivity index (χ4v) is 1.45. The monoisotopic (exact) mass is 258 g/mol. The molecule has 0 amide bonds. The Bertz CT molecular complexity index is 617. The second-order valence-electron chi connectivity index (χ2n) is 4.07. The number of nitrogens with zero attached hydrogens (tertiary/aromatic N) is 2. The van der Waals surface area contributed by atoms with E-state index in [2.05, 4.69) is 10.2 Å². The minimum absolute atomic E-state index is 0.458. The van der Waals surface area contributed by atoms with Crippen LogP contribution in [0.3, 0.4) is 0 Å². The standard InChI is InChI=1S/C15H12F2N2/c1-11-2-4-12(5-3-11)9-18-19-10-13-6-7-14(16)15(17)8-13/h2-10H,1H3/b18-9+,19-10+. The maximum Gasteiger partial charge on any atom is 0.159 e. The van der Waals surface area contributed by atoms with Crippen molar-refractivity contribution in [2.24, 2.45) is 10.2 Å². The predicted octanol–water partition coefficient (Wildman–Crippen LogP) is 3.73. The van der Waals surface area contributed by atoms with Gasteiger partial charge in [0.25, 0.3) is 0 Å². The van der Waals surface area contributed by atoms with Gasteiger partial charge in [-0.15, -0.1) is 0 Å². The Kier molecular flexibility index (Phi) is 4.13. The largest absolute Gasteiger partial charge is 0.204 e. The van der Waals surface area contributed by atoms with Gasteiger partial charge in [-0.1, -0.05) is 35.9 Å². The van der Waals surface area contributed by atoms with Gasteiger partial charge in [0.05, 0.1) is 12.4 Å². The summed E-state index contributed by atoms with van der Waals surface area (Å²) >= 11 is 0. The molecule has 0 heterocycles. The van der Waals surface area contributed by atoms with Gasteiger partial charge in [0.1, 0.15) is 0 Å². The molecule has 2 rings (SSSR count). The third kappa shape index (κ3) is 3.81. The van der Waals surface area contributed by atoms with Gasteiger partial charge in [0.2, 0.25) is 0 Å². The number of rotatable bonds is 3. The van der Waals surface area contributed by atoms with Gasteiger partial charge in [-0.2, -0.15) is 10.2 Å². The smallest absolute Gasteiger partial charge is 0.159 e. The molecule has 0 atom stereocenters. The summed E-state index contributed by atoms with van der Waals surface area (Å²) in [6, 6.07) is 11.3. The van der Waals surface area contributed by atoms with E-state index in [4.69, 9.17) is 0 Å². The molecule has 0 saturated carbocycles. The van der Waals surface area contributed by atoms with Crippen molar-refractivity contribution < 1.29 is 8.78 Å². The lowest BCUT2D eigenvalue weighted by Crippen LogP contribution is -1.87.